The van der Waals surface area contributed by atoms with Crippen molar-refractivity contribution in [2.24, 2.45) is 11.8 Å². The van der Waals surface area contributed by atoms with Crippen LogP contribution in [0, 0.1) is 18.8 Å². The molecule has 0 radical (unpaired) electrons. The number of aryl methyl sites for hydroxylation is 1. The SMILES string of the molecule is C=CCCC(CC)CNC(=O)Nc1ccc(C)c(NC(=O)NCC(CC)CCC=C)c1. The first-order chi connectivity index (χ1) is 14.9. The highest BCUT2D eigenvalue weighted by Crippen LogP contribution is 2.20. The van der Waals surface area contributed by atoms with E-state index in [1.807, 2.05) is 31.2 Å². The number of urea groups is 2. The van der Waals surface area contributed by atoms with E-state index in [-0.39, 0.29) is 12.1 Å². The molecule has 0 aliphatic rings. The fraction of sp³-hybridized carbons (Fsp3) is 0.520. The Balaban J connectivity index is 2.58. The fourth-order valence-electron chi connectivity index (χ4n) is 3.26. The minimum absolute atomic E-state index is 0.241. The molecule has 6 nitrogen and oxygen atoms in total. The largest absolute Gasteiger partial charge is 0.338 e. The normalized spacial score (nSPS) is 12.4. The minimum atomic E-state index is -0.246. The van der Waals surface area contributed by atoms with Crippen LogP contribution in [0.5, 0.6) is 0 Å². The van der Waals surface area contributed by atoms with Crippen LogP contribution in [0.25, 0.3) is 0 Å². The molecule has 0 bridgehead atoms. The number of carbonyl (C=O) groups is 2. The first-order valence-electron chi connectivity index (χ1n) is 11.4. The quantitative estimate of drug-likeness (QED) is 0.265. The Bertz CT molecular complexity index is 717. The zero-order valence-corrected chi connectivity index (χ0v) is 19.4. The topological polar surface area (TPSA) is 82.3 Å². The van der Waals surface area contributed by atoms with Crippen LogP contribution in [-0.4, -0.2) is 25.2 Å². The summed E-state index contributed by atoms with van der Waals surface area (Å²) in [6.07, 6.45) is 9.76. The van der Waals surface area contributed by atoms with E-state index in [2.05, 4.69) is 48.3 Å². The van der Waals surface area contributed by atoms with Gasteiger partial charge in [0.05, 0.1) is 0 Å². The van der Waals surface area contributed by atoms with Crippen molar-refractivity contribution in [2.75, 3.05) is 23.7 Å². The molecule has 172 valence electrons. The van der Waals surface area contributed by atoms with Crippen molar-refractivity contribution in [3.63, 3.8) is 0 Å². The fourth-order valence-corrected chi connectivity index (χ4v) is 3.26. The van der Waals surface area contributed by atoms with E-state index in [1.165, 1.54) is 0 Å². The molecule has 0 heterocycles. The van der Waals surface area contributed by atoms with Gasteiger partial charge in [-0.25, -0.2) is 9.59 Å². The van der Waals surface area contributed by atoms with Gasteiger partial charge >= 0.3 is 12.1 Å². The van der Waals surface area contributed by atoms with Gasteiger partial charge in [-0.2, -0.15) is 0 Å². The molecule has 1 aromatic rings. The summed E-state index contributed by atoms with van der Waals surface area (Å²) in [6, 6.07) is 5.00. The van der Waals surface area contributed by atoms with E-state index in [0.29, 0.717) is 36.3 Å². The third-order valence-electron chi connectivity index (χ3n) is 5.56. The van der Waals surface area contributed by atoms with Crippen molar-refractivity contribution in [3.05, 3.63) is 49.1 Å². The highest BCUT2D eigenvalue weighted by atomic mass is 16.2. The third kappa shape index (κ3) is 10.7. The highest BCUT2D eigenvalue weighted by molar-refractivity contribution is 5.93. The van der Waals surface area contributed by atoms with Crippen molar-refractivity contribution in [3.8, 4) is 0 Å². The summed E-state index contributed by atoms with van der Waals surface area (Å²) in [6.45, 7) is 14.9. The Morgan fingerprint density at radius 2 is 1.42 bits per heavy atom. The van der Waals surface area contributed by atoms with E-state index in [4.69, 9.17) is 0 Å². The molecule has 2 atom stereocenters. The van der Waals surface area contributed by atoms with Gasteiger partial charge in [-0.15, -0.1) is 13.2 Å². The van der Waals surface area contributed by atoms with E-state index in [1.54, 1.807) is 6.07 Å². The highest BCUT2D eigenvalue weighted by Gasteiger charge is 2.11. The number of hydrogen-bond donors (Lipinski definition) is 4. The summed E-state index contributed by atoms with van der Waals surface area (Å²) >= 11 is 0. The molecule has 0 aromatic heterocycles. The van der Waals surface area contributed by atoms with Crippen LogP contribution in [0.4, 0.5) is 21.0 Å². The lowest BCUT2D eigenvalue weighted by molar-refractivity contribution is 0.249. The maximum absolute atomic E-state index is 12.3. The molecule has 0 saturated carbocycles. The van der Waals surface area contributed by atoms with Gasteiger partial charge < -0.3 is 21.3 Å². The third-order valence-corrected chi connectivity index (χ3v) is 5.56. The van der Waals surface area contributed by atoms with Crippen LogP contribution >= 0.6 is 0 Å². The molecular formula is C25H40N4O2. The monoisotopic (exact) mass is 428 g/mol. The van der Waals surface area contributed by atoms with Crippen molar-refractivity contribution >= 4 is 23.4 Å². The molecule has 1 aromatic carbocycles. The molecule has 0 fully saturated rings. The first-order valence-corrected chi connectivity index (χ1v) is 11.4. The standard InChI is InChI=1S/C25H40N4O2/c1-6-10-12-20(8-3)17-26-24(30)28-22-15-14-19(5)23(16-22)29-25(31)27-18-21(9-4)13-11-7-2/h6-7,14-16,20-21H,1-2,8-13,17-18H2,3-5H3,(H2,26,28,30)(H2,27,29,31). The molecule has 4 N–H and O–H groups in total. The zero-order valence-electron chi connectivity index (χ0n) is 19.4. The Kier molecular flexibility index (Phi) is 12.8. The number of rotatable bonds is 14. The van der Waals surface area contributed by atoms with Gasteiger partial charge in [0.25, 0.3) is 0 Å². The van der Waals surface area contributed by atoms with Crippen LogP contribution in [0.15, 0.2) is 43.5 Å². The number of amides is 4. The summed E-state index contributed by atoms with van der Waals surface area (Å²) in [5.74, 6) is 0.862. The Labute approximate surface area is 188 Å². The van der Waals surface area contributed by atoms with Crippen molar-refractivity contribution in [1.29, 1.82) is 0 Å². The molecular weight excluding hydrogens is 388 g/mol. The smallest absolute Gasteiger partial charge is 0.319 e. The average Bonchev–Trinajstić information content (AvgIpc) is 2.76. The predicted molar refractivity (Wildman–Crippen MR) is 132 cm³/mol. The number of allylic oxidation sites excluding steroid dienone is 2. The van der Waals surface area contributed by atoms with Gasteiger partial charge in [0.15, 0.2) is 0 Å². The number of carbonyl (C=O) groups excluding carboxylic acids is 2. The maximum Gasteiger partial charge on any atom is 0.319 e. The van der Waals surface area contributed by atoms with Crippen molar-refractivity contribution in [1.82, 2.24) is 10.6 Å². The maximum atomic E-state index is 12.3. The molecule has 6 heteroatoms. The lowest BCUT2D eigenvalue weighted by Crippen LogP contribution is -2.33. The molecule has 31 heavy (non-hydrogen) atoms. The number of nitrogens with one attached hydrogen (secondary N) is 4. The minimum Gasteiger partial charge on any atom is -0.338 e. The van der Waals surface area contributed by atoms with Gasteiger partial charge in [-0.1, -0.05) is 44.9 Å². The molecule has 0 saturated heterocycles. The molecule has 0 spiro atoms. The second-order valence-corrected chi connectivity index (χ2v) is 7.98. The molecule has 4 amide bonds. The van der Waals surface area contributed by atoms with E-state index in [0.717, 1.165) is 44.1 Å². The average molecular weight is 429 g/mol. The van der Waals surface area contributed by atoms with Crippen molar-refractivity contribution in [2.45, 2.75) is 59.3 Å². The number of hydrogen-bond acceptors (Lipinski definition) is 2. The van der Waals surface area contributed by atoms with Crippen LogP contribution < -0.4 is 21.3 Å². The molecule has 0 aliphatic carbocycles. The first kappa shape index (κ1) is 26.3. The number of anilines is 2. The summed E-state index contributed by atoms with van der Waals surface area (Å²) < 4.78 is 0. The summed E-state index contributed by atoms with van der Waals surface area (Å²) in [4.78, 5) is 24.6. The van der Waals surface area contributed by atoms with E-state index in [9.17, 15) is 9.59 Å². The second kappa shape index (κ2) is 15.1. The summed E-state index contributed by atoms with van der Waals surface area (Å²) in [5.41, 5.74) is 2.23. The number of benzene rings is 1. The van der Waals surface area contributed by atoms with Gasteiger partial charge in [0, 0.05) is 24.5 Å². The Hall–Kier alpha value is -2.76. The second-order valence-electron chi connectivity index (χ2n) is 7.98. The van der Waals surface area contributed by atoms with Crippen LogP contribution in [0.3, 0.4) is 0 Å². The van der Waals surface area contributed by atoms with E-state index >= 15 is 0 Å². The van der Waals surface area contributed by atoms with Crippen LogP contribution in [0.2, 0.25) is 0 Å². The van der Waals surface area contributed by atoms with Gasteiger partial charge in [0.1, 0.15) is 0 Å². The van der Waals surface area contributed by atoms with Crippen LogP contribution in [0.1, 0.15) is 57.9 Å². The summed E-state index contributed by atoms with van der Waals surface area (Å²) in [7, 11) is 0. The molecule has 2 unspecified atom stereocenters. The van der Waals surface area contributed by atoms with Gasteiger partial charge in [0.2, 0.25) is 0 Å². The Morgan fingerprint density at radius 3 is 1.90 bits per heavy atom. The Morgan fingerprint density at radius 1 is 0.903 bits per heavy atom. The predicted octanol–water partition coefficient (Wildman–Crippen LogP) is 6.22. The van der Waals surface area contributed by atoms with Gasteiger partial charge in [-0.3, -0.25) is 0 Å². The lowest BCUT2D eigenvalue weighted by Gasteiger charge is -2.17. The van der Waals surface area contributed by atoms with Gasteiger partial charge in [-0.05, 0) is 62.1 Å². The summed E-state index contributed by atoms with van der Waals surface area (Å²) in [5, 5.41) is 11.6. The lowest BCUT2D eigenvalue weighted by atomic mass is 10.0. The molecule has 0 aliphatic heterocycles. The van der Waals surface area contributed by atoms with Crippen molar-refractivity contribution < 1.29 is 9.59 Å². The zero-order chi connectivity index (χ0) is 23.1. The van der Waals surface area contributed by atoms with E-state index < -0.39 is 0 Å². The van der Waals surface area contributed by atoms with Crippen LogP contribution in [-0.2, 0) is 0 Å². The molecule has 1 rings (SSSR count).